The molecule has 150 valence electrons. The average Bonchev–Trinajstić information content (AvgIpc) is 2.69. The van der Waals surface area contributed by atoms with Gasteiger partial charge in [0.25, 0.3) is 5.91 Å². The molecule has 0 bridgehead atoms. The molecule has 1 atom stereocenters. The third-order valence-electron chi connectivity index (χ3n) is 4.68. The van der Waals surface area contributed by atoms with Gasteiger partial charge in [0.05, 0.1) is 30.4 Å². The van der Waals surface area contributed by atoms with Crippen molar-refractivity contribution in [2.75, 3.05) is 32.8 Å². The third-order valence-corrected chi connectivity index (χ3v) is 5.38. The van der Waals surface area contributed by atoms with Crippen LogP contribution in [0, 0.1) is 0 Å². The van der Waals surface area contributed by atoms with E-state index in [1.165, 1.54) is 12.1 Å². The molecule has 28 heavy (non-hydrogen) atoms. The quantitative estimate of drug-likeness (QED) is 0.730. The summed E-state index contributed by atoms with van der Waals surface area (Å²) >= 11 is 3.36. The first-order valence-corrected chi connectivity index (χ1v) is 9.67. The van der Waals surface area contributed by atoms with Gasteiger partial charge >= 0.3 is 6.18 Å². The number of carbonyl (C=O) groups is 1. The van der Waals surface area contributed by atoms with Gasteiger partial charge in [0.15, 0.2) is 0 Å². The van der Waals surface area contributed by atoms with E-state index in [0.717, 1.165) is 17.7 Å². The molecule has 0 spiro atoms. The highest BCUT2D eigenvalue weighted by atomic mass is 79.9. The van der Waals surface area contributed by atoms with E-state index < -0.39 is 11.7 Å². The zero-order valence-electron chi connectivity index (χ0n) is 15.0. The van der Waals surface area contributed by atoms with E-state index >= 15 is 0 Å². The van der Waals surface area contributed by atoms with Crippen LogP contribution in [0.5, 0.6) is 0 Å². The maximum absolute atomic E-state index is 12.9. The first-order valence-electron chi connectivity index (χ1n) is 8.88. The third kappa shape index (κ3) is 5.12. The van der Waals surface area contributed by atoms with Crippen LogP contribution in [-0.4, -0.2) is 43.7 Å². The van der Waals surface area contributed by atoms with E-state index in [1.54, 1.807) is 18.2 Å². The van der Waals surface area contributed by atoms with Gasteiger partial charge in [0.2, 0.25) is 0 Å². The summed E-state index contributed by atoms with van der Waals surface area (Å²) in [5.74, 6) is -0.238. The Morgan fingerprint density at radius 1 is 1.11 bits per heavy atom. The van der Waals surface area contributed by atoms with Crippen LogP contribution in [0.1, 0.15) is 27.5 Å². The molecule has 4 nitrogen and oxygen atoms in total. The number of amides is 1. The Labute approximate surface area is 169 Å². The summed E-state index contributed by atoms with van der Waals surface area (Å²) < 4.78 is 44.7. The smallest absolute Gasteiger partial charge is 0.379 e. The first-order chi connectivity index (χ1) is 13.4. The number of hydrogen-bond acceptors (Lipinski definition) is 3. The first kappa shape index (κ1) is 20.8. The molecule has 1 unspecified atom stereocenters. The number of benzene rings is 2. The number of nitrogens with one attached hydrogen (secondary N) is 1. The molecule has 0 radical (unpaired) electrons. The zero-order valence-corrected chi connectivity index (χ0v) is 16.6. The minimum absolute atomic E-state index is 0.238. The van der Waals surface area contributed by atoms with Crippen LogP contribution >= 0.6 is 15.9 Å². The molecule has 2 aromatic carbocycles. The van der Waals surface area contributed by atoms with Crippen LogP contribution in [0.15, 0.2) is 53.0 Å². The summed E-state index contributed by atoms with van der Waals surface area (Å²) in [6.07, 6.45) is -4.37. The fourth-order valence-electron chi connectivity index (χ4n) is 3.17. The maximum atomic E-state index is 12.9. The van der Waals surface area contributed by atoms with E-state index in [9.17, 15) is 18.0 Å². The van der Waals surface area contributed by atoms with E-state index in [0.29, 0.717) is 36.3 Å². The Kier molecular flexibility index (Phi) is 6.74. The fraction of sp³-hybridized carbons (Fsp3) is 0.350. The monoisotopic (exact) mass is 456 g/mol. The molecule has 0 saturated carbocycles. The molecule has 1 heterocycles. The van der Waals surface area contributed by atoms with Gasteiger partial charge in [-0.2, -0.15) is 13.2 Å². The second-order valence-electron chi connectivity index (χ2n) is 6.47. The van der Waals surface area contributed by atoms with Gasteiger partial charge < -0.3 is 10.1 Å². The second kappa shape index (κ2) is 9.07. The minimum Gasteiger partial charge on any atom is -0.379 e. The molecule has 2 aromatic rings. The highest BCUT2D eigenvalue weighted by molar-refractivity contribution is 9.10. The number of halogens is 4. The SMILES string of the molecule is O=C(NCC(c1ccc(C(F)(F)F)cc1)N1CCOCC1)c1ccccc1Br. The van der Waals surface area contributed by atoms with Gasteiger partial charge in [-0.15, -0.1) is 0 Å². The molecule has 1 aliphatic rings. The fourth-order valence-corrected chi connectivity index (χ4v) is 3.64. The molecule has 0 aliphatic carbocycles. The molecule has 1 saturated heterocycles. The Bertz CT molecular complexity index is 806. The van der Waals surface area contributed by atoms with E-state index in [4.69, 9.17) is 4.74 Å². The van der Waals surface area contributed by atoms with Crippen molar-refractivity contribution >= 4 is 21.8 Å². The number of alkyl halides is 3. The molecule has 1 N–H and O–H groups in total. The predicted molar refractivity (Wildman–Crippen MR) is 103 cm³/mol. The Morgan fingerprint density at radius 2 is 1.75 bits per heavy atom. The Morgan fingerprint density at radius 3 is 2.36 bits per heavy atom. The minimum atomic E-state index is -4.37. The van der Waals surface area contributed by atoms with Gasteiger partial charge in [-0.1, -0.05) is 24.3 Å². The van der Waals surface area contributed by atoms with Crippen molar-refractivity contribution in [3.63, 3.8) is 0 Å². The molecule has 1 amide bonds. The maximum Gasteiger partial charge on any atom is 0.416 e. The van der Waals surface area contributed by atoms with Crippen molar-refractivity contribution in [3.8, 4) is 0 Å². The van der Waals surface area contributed by atoms with Crippen LogP contribution in [0.3, 0.4) is 0 Å². The lowest BCUT2D eigenvalue weighted by Crippen LogP contribution is -2.43. The van der Waals surface area contributed by atoms with Gasteiger partial charge in [0.1, 0.15) is 0 Å². The second-order valence-corrected chi connectivity index (χ2v) is 7.33. The van der Waals surface area contributed by atoms with Gasteiger partial charge in [-0.05, 0) is 45.8 Å². The van der Waals surface area contributed by atoms with E-state index in [1.807, 2.05) is 6.07 Å². The number of morpholine rings is 1. The number of carbonyl (C=O) groups excluding carboxylic acids is 1. The molecule has 8 heteroatoms. The van der Waals surface area contributed by atoms with Crippen molar-refractivity contribution in [1.82, 2.24) is 10.2 Å². The van der Waals surface area contributed by atoms with Gasteiger partial charge in [-0.25, -0.2) is 0 Å². The standard InChI is InChI=1S/C20H20BrF3N2O2/c21-17-4-2-1-3-16(17)19(27)25-13-18(26-9-11-28-12-10-26)14-5-7-15(8-6-14)20(22,23)24/h1-8,18H,9-13H2,(H,25,27). The number of ether oxygens (including phenoxy) is 1. The summed E-state index contributed by atoms with van der Waals surface area (Å²) in [4.78, 5) is 14.7. The highest BCUT2D eigenvalue weighted by Crippen LogP contribution is 2.31. The molecule has 1 aliphatic heterocycles. The lowest BCUT2D eigenvalue weighted by molar-refractivity contribution is -0.137. The topological polar surface area (TPSA) is 41.6 Å². The lowest BCUT2D eigenvalue weighted by Gasteiger charge is -2.35. The summed E-state index contributed by atoms with van der Waals surface area (Å²) in [6, 6.07) is 12.0. The molecule has 3 rings (SSSR count). The summed E-state index contributed by atoms with van der Waals surface area (Å²) in [5.41, 5.74) is 0.548. The van der Waals surface area contributed by atoms with Gasteiger partial charge in [-0.3, -0.25) is 9.69 Å². The van der Waals surface area contributed by atoms with Crippen molar-refractivity contribution < 1.29 is 22.7 Å². The Hall–Kier alpha value is -1.90. The molecular weight excluding hydrogens is 437 g/mol. The normalized spacial score (nSPS) is 16.6. The molecule has 0 aromatic heterocycles. The van der Waals surface area contributed by atoms with Crippen molar-refractivity contribution in [1.29, 1.82) is 0 Å². The van der Waals surface area contributed by atoms with Crippen molar-refractivity contribution in [2.24, 2.45) is 0 Å². The van der Waals surface area contributed by atoms with Crippen molar-refractivity contribution in [2.45, 2.75) is 12.2 Å². The van der Waals surface area contributed by atoms with Crippen molar-refractivity contribution in [3.05, 3.63) is 69.7 Å². The molecule has 1 fully saturated rings. The van der Waals surface area contributed by atoms with Crippen LogP contribution < -0.4 is 5.32 Å². The largest absolute Gasteiger partial charge is 0.416 e. The Balaban J connectivity index is 1.77. The number of nitrogens with zero attached hydrogens (tertiary/aromatic N) is 1. The average molecular weight is 457 g/mol. The summed E-state index contributed by atoms with van der Waals surface area (Å²) in [7, 11) is 0. The van der Waals surface area contributed by atoms with E-state index in [-0.39, 0.29) is 18.5 Å². The van der Waals surface area contributed by atoms with Gasteiger partial charge in [0, 0.05) is 24.1 Å². The predicted octanol–water partition coefficient (Wildman–Crippen LogP) is 4.27. The van der Waals surface area contributed by atoms with Crippen LogP contribution in [0.2, 0.25) is 0 Å². The highest BCUT2D eigenvalue weighted by Gasteiger charge is 2.31. The summed E-state index contributed by atoms with van der Waals surface area (Å²) in [5, 5.41) is 2.91. The molecular formula is C20H20BrF3N2O2. The van der Waals surface area contributed by atoms with E-state index in [2.05, 4.69) is 26.1 Å². The lowest BCUT2D eigenvalue weighted by atomic mass is 10.0. The zero-order chi connectivity index (χ0) is 20.1. The number of rotatable bonds is 5. The van der Waals surface area contributed by atoms with Crippen LogP contribution in [0.4, 0.5) is 13.2 Å². The summed E-state index contributed by atoms with van der Waals surface area (Å²) in [6.45, 7) is 2.68. The number of hydrogen-bond donors (Lipinski definition) is 1. The van der Waals surface area contributed by atoms with Crippen LogP contribution in [-0.2, 0) is 10.9 Å². The van der Waals surface area contributed by atoms with Crippen LogP contribution in [0.25, 0.3) is 0 Å².